The third kappa shape index (κ3) is 6.74. The van der Waals surface area contributed by atoms with Crippen LogP contribution in [-0.4, -0.2) is 26.8 Å². The average molecular weight is 492 g/mol. The zero-order valence-electron chi connectivity index (χ0n) is 19.8. The largest absolute Gasteiger partial charge is 0.463 e. The SMILES string of the molecule is C=C(CC(C(=O)c1ccccc1)C(NS(=O)(=O)c1ccc(C)cc1)c1ccccc1)C(=O)OCC. The Balaban J connectivity index is 2.08. The molecule has 3 aromatic carbocycles. The summed E-state index contributed by atoms with van der Waals surface area (Å²) in [5.74, 6) is -1.87. The fourth-order valence-electron chi connectivity index (χ4n) is 3.76. The summed E-state index contributed by atoms with van der Waals surface area (Å²) in [6.45, 7) is 7.54. The van der Waals surface area contributed by atoms with Gasteiger partial charge >= 0.3 is 5.97 Å². The number of carbonyl (C=O) groups is 2. The fraction of sp³-hybridized carbons (Fsp3) is 0.214. The Bertz CT molecular complexity index is 1270. The van der Waals surface area contributed by atoms with Crippen LogP contribution in [0.15, 0.2) is 102 Å². The summed E-state index contributed by atoms with van der Waals surface area (Å²) in [4.78, 5) is 26.2. The molecule has 2 unspecified atom stereocenters. The number of benzene rings is 3. The molecule has 6 nitrogen and oxygen atoms in total. The van der Waals surface area contributed by atoms with Crippen molar-refractivity contribution in [3.05, 3.63) is 114 Å². The number of esters is 1. The number of hydrogen-bond acceptors (Lipinski definition) is 5. The summed E-state index contributed by atoms with van der Waals surface area (Å²) in [6, 6.07) is 22.9. The molecule has 1 N–H and O–H groups in total. The Labute approximate surface area is 206 Å². The Morgan fingerprint density at radius 2 is 1.49 bits per heavy atom. The molecule has 3 rings (SSSR count). The third-order valence-electron chi connectivity index (χ3n) is 5.60. The van der Waals surface area contributed by atoms with Gasteiger partial charge in [-0.2, -0.15) is 0 Å². The van der Waals surface area contributed by atoms with E-state index in [4.69, 9.17) is 4.74 Å². The molecule has 7 heteroatoms. The zero-order chi connectivity index (χ0) is 25.4. The highest BCUT2D eigenvalue weighted by molar-refractivity contribution is 7.89. The van der Waals surface area contributed by atoms with Crippen molar-refractivity contribution < 1.29 is 22.7 Å². The van der Waals surface area contributed by atoms with Crippen LogP contribution in [0.3, 0.4) is 0 Å². The van der Waals surface area contributed by atoms with E-state index in [2.05, 4.69) is 11.3 Å². The van der Waals surface area contributed by atoms with Crippen molar-refractivity contribution in [2.24, 2.45) is 5.92 Å². The monoisotopic (exact) mass is 491 g/mol. The minimum atomic E-state index is -4.00. The number of sulfonamides is 1. The van der Waals surface area contributed by atoms with Crippen LogP contribution >= 0.6 is 0 Å². The molecular formula is C28H29NO5S. The van der Waals surface area contributed by atoms with E-state index < -0.39 is 28.0 Å². The Kier molecular flexibility index (Phi) is 8.73. The molecule has 0 fully saturated rings. The van der Waals surface area contributed by atoms with Crippen molar-refractivity contribution in [3.63, 3.8) is 0 Å². The minimum absolute atomic E-state index is 0.0808. The molecule has 0 amide bonds. The molecule has 3 aromatic rings. The Morgan fingerprint density at radius 1 is 0.914 bits per heavy atom. The highest BCUT2D eigenvalue weighted by Crippen LogP contribution is 2.32. The van der Waals surface area contributed by atoms with E-state index >= 15 is 0 Å². The Hall–Kier alpha value is -3.55. The van der Waals surface area contributed by atoms with Crippen molar-refractivity contribution in [1.29, 1.82) is 0 Å². The third-order valence-corrected chi connectivity index (χ3v) is 7.06. The first-order valence-corrected chi connectivity index (χ1v) is 12.8. The van der Waals surface area contributed by atoms with Crippen molar-refractivity contribution in [3.8, 4) is 0 Å². The fourth-order valence-corrected chi connectivity index (χ4v) is 5.02. The summed E-state index contributed by atoms with van der Waals surface area (Å²) >= 11 is 0. The lowest BCUT2D eigenvalue weighted by Crippen LogP contribution is -2.37. The van der Waals surface area contributed by atoms with Gasteiger partial charge in [0, 0.05) is 17.1 Å². The maximum absolute atomic E-state index is 13.7. The van der Waals surface area contributed by atoms with Crippen LogP contribution in [0.1, 0.15) is 40.9 Å². The van der Waals surface area contributed by atoms with Gasteiger partial charge < -0.3 is 4.74 Å². The van der Waals surface area contributed by atoms with Gasteiger partial charge in [0.05, 0.1) is 17.5 Å². The summed E-state index contributed by atoms with van der Waals surface area (Å²) in [7, 11) is -4.00. The average Bonchev–Trinajstić information content (AvgIpc) is 2.87. The molecule has 0 aliphatic heterocycles. The highest BCUT2D eigenvalue weighted by atomic mass is 32.2. The number of ketones is 1. The maximum Gasteiger partial charge on any atom is 0.333 e. The van der Waals surface area contributed by atoms with E-state index in [0.29, 0.717) is 11.1 Å². The zero-order valence-corrected chi connectivity index (χ0v) is 20.6. The van der Waals surface area contributed by atoms with Gasteiger partial charge in [-0.05, 0) is 38.0 Å². The summed E-state index contributed by atoms with van der Waals surface area (Å²) in [5, 5.41) is 0. The quantitative estimate of drug-likeness (QED) is 0.231. The van der Waals surface area contributed by atoms with Crippen molar-refractivity contribution in [2.45, 2.75) is 31.2 Å². The molecule has 0 aromatic heterocycles. The second-order valence-electron chi connectivity index (χ2n) is 8.19. The van der Waals surface area contributed by atoms with E-state index in [1.807, 2.05) is 6.92 Å². The summed E-state index contributed by atoms with van der Waals surface area (Å²) < 4.78 is 34.6. The predicted molar refractivity (Wildman–Crippen MR) is 135 cm³/mol. The van der Waals surface area contributed by atoms with Gasteiger partial charge in [0.2, 0.25) is 10.0 Å². The van der Waals surface area contributed by atoms with Crippen LogP contribution in [0.2, 0.25) is 0 Å². The van der Waals surface area contributed by atoms with E-state index in [1.165, 1.54) is 12.1 Å². The van der Waals surface area contributed by atoms with Gasteiger partial charge in [0.15, 0.2) is 5.78 Å². The molecular weight excluding hydrogens is 462 g/mol. The minimum Gasteiger partial charge on any atom is -0.463 e. The Morgan fingerprint density at radius 3 is 2.06 bits per heavy atom. The molecule has 0 saturated carbocycles. The van der Waals surface area contributed by atoms with Gasteiger partial charge in [-0.15, -0.1) is 0 Å². The number of ether oxygens (including phenoxy) is 1. The number of carbonyl (C=O) groups excluding carboxylic acids is 2. The molecule has 0 spiro atoms. The lowest BCUT2D eigenvalue weighted by molar-refractivity contribution is -0.138. The van der Waals surface area contributed by atoms with Gasteiger partial charge in [-0.3, -0.25) is 4.79 Å². The van der Waals surface area contributed by atoms with Gasteiger partial charge in [-0.25, -0.2) is 17.9 Å². The van der Waals surface area contributed by atoms with Crippen LogP contribution in [-0.2, 0) is 19.6 Å². The first kappa shape index (κ1) is 26.1. The molecule has 2 atom stereocenters. The van der Waals surface area contributed by atoms with Crippen molar-refractivity contribution in [1.82, 2.24) is 4.72 Å². The maximum atomic E-state index is 13.7. The van der Waals surface area contributed by atoms with Crippen molar-refractivity contribution >= 4 is 21.8 Å². The van der Waals surface area contributed by atoms with Crippen LogP contribution in [0, 0.1) is 12.8 Å². The molecule has 0 saturated heterocycles. The summed E-state index contributed by atoms with van der Waals surface area (Å²) in [6.07, 6.45) is -0.0808. The molecule has 0 heterocycles. The van der Waals surface area contributed by atoms with Gasteiger partial charge in [-0.1, -0.05) is 84.9 Å². The van der Waals surface area contributed by atoms with E-state index in [1.54, 1.807) is 79.7 Å². The first-order valence-electron chi connectivity index (χ1n) is 11.3. The molecule has 0 radical (unpaired) electrons. The lowest BCUT2D eigenvalue weighted by atomic mass is 9.83. The number of aryl methyl sites for hydroxylation is 1. The van der Waals surface area contributed by atoms with Gasteiger partial charge in [0.25, 0.3) is 0 Å². The first-order chi connectivity index (χ1) is 16.7. The molecule has 0 aliphatic rings. The van der Waals surface area contributed by atoms with E-state index in [0.717, 1.165) is 5.56 Å². The number of rotatable bonds is 11. The van der Waals surface area contributed by atoms with Crippen LogP contribution in [0.5, 0.6) is 0 Å². The van der Waals surface area contributed by atoms with Crippen LogP contribution in [0.4, 0.5) is 0 Å². The topological polar surface area (TPSA) is 89.5 Å². The van der Waals surface area contributed by atoms with Gasteiger partial charge in [0.1, 0.15) is 0 Å². The highest BCUT2D eigenvalue weighted by Gasteiger charge is 2.35. The molecule has 0 aliphatic carbocycles. The molecule has 0 bridgehead atoms. The second kappa shape index (κ2) is 11.7. The van der Waals surface area contributed by atoms with E-state index in [-0.39, 0.29) is 29.3 Å². The lowest BCUT2D eigenvalue weighted by Gasteiger charge is -2.28. The summed E-state index contributed by atoms with van der Waals surface area (Å²) in [5.41, 5.74) is 2.02. The standard InChI is InChI=1S/C28H29NO5S/c1-4-34-28(31)21(3)19-25(27(30)23-13-9-6-10-14-23)26(22-11-7-5-8-12-22)29-35(32,33)24-17-15-20(2)16-18-24/h5-18,25-26,29H,3-4,19H2,1-2H3. The predicted octanol–water partition coefficient (Wildman–Crippen LogP) is 5.02. The van der Waals surface area contributed by atoms with Crippen molar-refractivity contribution in [2.75, 3.05) is 6.61 Å². The second-order valence-corrected chi connectivity index (χ2v) is 9.90. The number of Topliss-reactive ketones (excluding diaryl/α,β-unsaturated/α-hetero) is 1. The number of nitrogens with one attached hydrogen (secondary N) is 1. The normalized spacial score (nSPS) is 13.0. The smallest absolute Gasteiger partial charge is 0.333 e. The van der Waals surface area contributed by atoms with Crippen LogP contribution in [0.25, 0.3) is 0 Å². The van der Waals surface area contributed by atoms with E-state index in [9.17, 15) is 18.0 Å². The van der Waals surface area contributed by atoms with Crippen LogP contribution < -0.4 is 4.72 Å². The molecule has 182 valence electrons. The molecule has 35 heavy (non-hydrogen) atoms. The number of hydrogen-bond donors (Lipinski definition) is 1.